The Morgan fingerprint density at radius 3 is 0.633 bits per heavy atom. The molecule has 0 saturated carbocycles. The minimum Gasteiger partial charge on any atom is -0.512 e. The fourth-order valence-electron chi connectivity index (χ4n) is 4.12. The number of aliphatic hydroxyl groups is 4. The molecule has 0 amide bonds. The zero-order valence-corrected chi connectivity index (χ0v) is 36.0. The van der Waals surface area contributed by atoms with Crippen molar-refractivity contribution in [3.05, 3.63) is 47.3 Å². The molecule has 0 heterocycles. The van der Waals surface area contributed by atoms with E-state index in [-0.39, 0.29) is 72.0 Å². The zero-order chi connectivity index (χ0) is 37.6. The molecule has 9 heteroatoms. The van der Waals surface area contributed by atoms with Gasteiger partial charge >= 0.3 is 0 Å². The quantitative estimate of drug-likeness (QED) is 0.0324. The van der Waals surface area contributed by atoms with E-state index in [1.165, 1.54) is 103 Å². The molecule has 0 saturated heterocycles. The molecule has 0 aliphatic heterocycles. The van der Waals surface area contributed by atoms with Crippen LogP contribution in [-0.2, 0) is 45.0 Å². The van der Waals surface area contributed by atoms with Gasteiger partial charge in [-0.2, -0.15) is 0 Å². The Morgan fingerprint density at radius 2 is 0.510 bits per heavy atom. The van der Waals surface area contributed by atoms with Crippen molar-refractivity contribution in [3.8, 4) is 0 Å². The SMILES string of the molecule is CCCCCCC(=O)C=C(C)O.CCCCCCC(=O)C=C(C)O.CCCCCCC(=O)C=C(C)O.CCCCCCC(=O)C=C(C)O.[Hf]. The second-order valence-electron chi connectivity index (χ2n) is 12.3. The van der Waals surface area contributed by atoms with Crippen molar-refractivity contribution in [1.82, 2.24) is 0 Å². The number of ketones is 4. The summed E-state index contributed by atoms with van der Waals surface area (Å²) in [6.07, 6.45) is 25.2. The van der Waals surface area contributed by atoms with Gasteiger partial charge in [0.1, 0.15) is 0 Å². The van der Waals surface area contributed by atoms with Gasteiger partial charge < -0.3 is 20.4 Å². The molecule has 0 atom stereocenters. The van der Waals surface area contributed by atoms with Crippen LogP contribution < -0.4 is 0 Å². The van der Waals surface area contributed by atoms with Gasteiger partial charge in [0.25, 0.3) is 0 Å². The van der Waals surface area contributed by atoms with Gasteiger partial charge in [0.15, 0.2) is 23.1 Å². The van der Waals surface area contributed by atoms with E-state index < -0.39 is 0 Å². The van der Waals surface area contributed by atoms with Crippen molar-refractivity contribution in [2.24, 2.45) is 0 Å². The molecule has 8 nitrogen and oxygen atoms in total. The molecular formula is C40H72HfO8. The topological polar surface area (TPSA) is 149 Å². The number of hydrogen-bond donors (Lipinski definition) is 4. The Morgan fingerprint density at radius 1 is 0.347 bits per heavy atom. The molecule has 0 radical (unpaired) electrons. The third kappa shape index (κ3) is 61.4. The van der Waals surface area contributed by atoms with Crippen LogP contribution in [0.15, 0.2) is 47.3 Å². The van der Waals surface area contributed by atoms with Crippen LogP contribution in [-0.4, -0.2) is 43.6 Å². The first-order valence-corrected chi connectivity index (χ1v) is 18.3. The monoisotopic (exact) mass is 860 g/mol. The molecule has 0 rings (SSSR count). The van der Waals surface area contributed by atoms with Crippen LogP contribution in [0.4, 0.5) is 0 Å². The first kappa shape index (κ1) is 56.1. The maximum Gasteiger partial charge on any atom is 0.159 e. The van der Waals surface area contributed by atoms with Crippen LogP contribution in [0.5, 0.6) is 0 Å². The van der Waals surface area contributed by atoms with Crippen LogP contribution in [0.3, 0.4) is 0 Å². The van der Waals surface area contributed by atoms with Crippen LogP contribution in [0.25, 0.3) is 0 Å². The van der Waals surface area contributed by atoms with E-state index in [2.05, 4.69) is 27.7 Å². The Labute approximate surface area is 318 Å². The van der Waals surface area contributed by atoms with Crippen molar-refractivity contribution < 1.29 is 65.4 Å². The fraction of sp³-hybridized carbons (Fsp3) is 0.700. The Kier molecular flexibility index (Phi) is 50.1. The van der Waals surface area contributed by atoms with Gasteiger partial charge in [-0.3, -0.25) is 19.2 Å². The predicted molar refractivity (Wildman–Crippen MR) is 201 cm³/mol. The molecule has 284 valence electrons. The van der Waals surface area contributed by atoms with Gasteiger partial charge in [-0.1, -0.05) is 105 Å². The summed E-state index contributed by atoms with van der Waals surface area (Å²) >= 11 is 0. The standard InChI is InChI=1S/4C10H18O2.Hf/c4*1-3-4-5-6-7-10(12)8-9(2)11;/h4*8,11H,3-7H2,1-2H3;. The molecule has 49 heavy (non-hydrogen) atoms. The van der Waals surface area contributed by atoms with Gasteiger partial charge in [0.2, 0.25) is 0 Å². The average molecular weight is 859 g/mol. The number of carbonyl (C=O) groups excluding carboxylic acids is 4. The first-order valence-electron chi connectivity index (χ1n) is 18.3. The molecule has 0 spiro atoms. The largest absolute Gasteiger partial charge is 0.512 e. The number of unbranched alkanes of at least 4 members (excludes halogenated alkanes) is 12. The van der Waals surface area contributed by atoms with Gasteiger partial charge in [-0.15, -0.1) is 0 Å². The van der Waals surface area contributed by atoms with Crippen LogP contribution >= 0.6 is 0 Å². The van der Waals surface area contributed by atoms with E-state index in [9.17, 15) is 19.2 Å². The first-order chi connectivity index (χ1) is 22.7. The van der Waals surface area contributed by atoms with Crippen molar-refractivity contribution in [1.29, 1.82) is 0 Å². The van der Waals surface area contributed by atoms with E-state index in [1.807, 2.05) is 0 Å². The second kappa shape index (κ2) is 43.7. The summed E-state index contributed by atoms with van der Waals surface area (Å²) in [5, 5.41) is 35.1. The molecule has 0 aromatic heterocycles. The summed E-state index contributed by atoms with van der Waals surface area (Å²) in [6.45, 7) is 14.6. The summed E-state index contributed by atoms with van der Waals surface area (Å²) in [7, 11) is 0. The molecule has 0 fully saturated rings. The summed E-state index contributed by atoms with van der Waals surface area (Å²) in [4.78, 5) is 43.9. The smallest absolute Gasteiger partial charge is 0.159 e. The van der Waals surface area contributed by atoms with E-state index in [0.717, 1.165) is 51.4 Å². The second-order valence-corrected chi connectivity index (χ2v) is 12.3. The fourth-order valence-corrected chi connectivity index (χ4v) is 4.12. The summed E-state index contributed by atoms with van der Waals surface area (Å²) in [5.41, 5.74) is 0. The van der Waals surface area contributed by atoms with E-state index >= 15 is 0 Å². The molecule has 0 aliphatic rings. The molecule has 0 aliphatic carbocycles. The number of carbonyl (C=O) groups is 4. The van der Waals surface area contributed by atoms with Crippen molar-refractivity contribution in [2.75, 3.05) is 0 Å². The molecule has 4 N–H and O–H groups in total. The van der Waals surface area contributed by atoms with E-state index in [4.69, 9.17) is 20.4 Å². The van der Waals surface area contributed by atoms with Gasteiger partial charge in [0.05, 0.1) is 23.0 Å². The Balaban J connectivity index is -0.000000174. The van der Waals surface area contributed by atoms with Crippen LogP contribution in [0.1, 0.15) is 184 Å². The summed E-state index contributed by atoms with van der Waals surface area (Å²) in [5.74, 6) is 0.561. The minimum atomic E-state index is 0. The van der Waals surface area contributed by atoms with Crippen LogP contribution in [0.2, 0.25) is 0 Å². The number of hydrogen-bond acceptors (Lipinski definition) is 8. The number of rotatable bonds is 24. The molecule has 0 aromatic rings. The van der Waals surface area contributed by atoms with Gasteiger partial charge in [0, 0.05) is 75.8 Å². The average Bonchev–Trinajstić information content (AvgIpc) is 2.98. The number of aliphatic hydroxyl groups excluding tert-OH is 4. The van der Waals surface area contributed by atoms with Gasteiger partial charge in [-0.05, 0) is 53.4 Å². The maximum absolute atomic E-state index is 11.0. The third-order valence-corrected chi connectivity index (χ3v) is 6.59. The molecular weight excluding hydrogens is 787 g/mol. The summed E-state index contributed by atoms with van der Waals surface area (Å²) < 4.78 is 0. The van der Waals surface area contributed by atoms with Crippen molar-refractivity contribution in [2.45, 2.75) is 184 Å². The van der Waals surface area contributed by atoms with Crippen molar-refractivity contribution >= 4 is 23.1 Å². The Hall–Kier alpha value is -2.29. The normalized spacial score (nSPS) is 11.4. The summed E-state index contributed by atoms with van der Waals surface area (Å²) in [6, 6.07) is 0. The van der Waals surface area contributed by atoms with E-state index in [0.29, 0.717) is 25.7 Å². The minimum absolute atomic E-state index is 0. The van der Waals surface area contributed by atoms with Crippen molar-refractivity contribution in [3.63, 3.8) is 0 Å². The maximum atomic E-state index is 11.0. The van der Waals surface area contributed by atoms with Crippen LogP contribution in [0, 0.1) is 0 Å². The zero-order valence-electron chi connectivity index (χ0n) is 32.4. The molecule has 0 unspecified atom stereocenters. The molecule has 0 aromatic carbocycles. The predicted octanol–water partition coefficient (Wildman–Crippen LogP) is 11.9. The number of allylic oxidation sites excluding steroid dienone is 8. The Bertz CT molecular complexity index is 780. The van der Waals surface area contributed by atoms with E-state index in [1.54, 1.807) is 0 Å². The van der Waals surface area contributed by atoms with Gasteiger partial charge in [-0.25, -0.2) is 0 Å². The third-order valence-electron chi connectivity index (χ3n) is 6.59. The molecule has 0 bridgehead atoms.